The highest BCUT2D eigenvalue weighted by Crippen LogP contribution is 2.39. The minimum absolute atomic E-state index is 0.0171. The number of anilines is 1. The quantitative estimate of drug-likeness (QED) is 0.368. The SMILES string of the molecule is CC[C@@H](C)Oc1ccc(/C=C2/SC(=S)N(c3cccc(C(F)(F)F)c3)C2=O)cc1OC. The lowest BCUT2D eigenvalue weighted by molar-refractivity contribution is -0.137. The van der Waals surface area contributed by atoms with Gasteiger partial charge < -0.3 is 9.47 Å². The number of benzene rings is 2. The average molecular weight is 468 g/mol. The fourth-order valence-corrected chi connectivity index (χ4v) is 4.13. The van der Waals surface area contributed by atoms with Crippen LogP contribution in [0, 0.1) is 0 Å². The number of rotatable bonds is 6. The summed E-state index contributed by atoms with van der Waals surface area (Å²) in [5.41, 5.74) is -0.0850. The molecule has 0 aromatic heterocycles. The Bertz CT molecular complexity index is 1040. The van der Waals surface area contributed by atoms with E-state index in [1.54, 1.807) is 24.3 Å². The molecule has 1 saturated heterocycles. The maximum absolute atomic E-state index is 13.0. The first-order valence-corrected chi connectivity index (χ1v) is 10.7. The van der Waals surface area contributed by atoms with E-state index in [-0.39, 0.29) is 16.1 Å². The van der Waals surface area contributed by atoms with E-state index in [1.165, 1.54) is 19.2 Å². The number of thiocarbonyl (C=S) groups is 1. The number of carbonyl (C=O) groups is 1. The van der Waals surface area contributed by atoms with Crippen molar-refractivity contribution in [1.82, 2.24) is 0 Å². The Balaban J connectivity index is 1.89. The highest BCUT2D eigenvalue weighted by molar-refractivity contribution is 8.27. The molecule has 1 amide bonds. The standard InChI is InChI=1S/C22H20F3NO3S2/c1-4-13(2)29-17-9-8-14(10-18(17)28-3)11-19-20(27)26(21(30)31-19)16-7-5-6-15(12-16)22(23,24)25/h5-13H,4H2,1-3H3/b19-11+/t13-/m1/s1. The second-order valence-electron chi connectivity index (χ2n) is 6.81. The third-order valence-electron chi connectivity index (χ3n) is 4.61. The lowest BCUT2D eigenvalue weighted by atomic mass is 10.1. The van der Waals surface area contributed by atoms with E-state index in [0.29, 0.717) is 22.0 Å². The molecule has 31 heavy (non-hydrogen) atoms. The van der Waals surface area contributed by atoms with Gasteiger partial charge in [0.2, 0.25) is 0 Å². The molecule has 1 heterocycles. The summed E-state index contributed by atoms with van der Waals surface area (Å²) in [6.45, 7) is 3.96. The summed E-state index contributed by atoms with van der Waals surface area (Å²) in [6, 6.07) is 9.80. The van der Waals surface area contributed by atoms with Crippen molar-refractivity contribution in [2.24, 2.45) is 0 Å². The van der Waals surface area contributed by atoms with Gasteiger partial charge in [-0.2, -0.15) is 13.2 Å². The molecule has 0 saturated carbocycles. The van der Waals surface area contributed by atoms with Crippen molar-refractivity contribution in [2.45, 2.75) is 32.5 Å². The molecular formula is C22H20F3NO3S2. The fourth-order valence-electron chi connectivity index (χ4n) is 2.83. The summed E-state index contributed by atoms with van der Waals surface area (Å²) in [6.07, 6.45) is -2.03. The van der Waals surface area contributed by atoms with Crippen LogP contribution in [0.15, 0.2) is 47.4 Å². The normalized spacial score (nSPS) is 16.7. The smallest absolute Gasteiger partial charge is 0.416 e. The zero-order chi connectivity index (χ0) is 22.8. The minimum Gasteiger partial charge on any atom is -0.493 e. The van der Waals surface area contributed by atoms with E-state index in [2.05, 4.69) is 0 Å². The summed E-state index contributed by atoms with van der Waals surface area (Å²) < 4.78 is 50.5. The number of carbonyl (C=O) groups excluding carboxylic acids is 1. The molecule has 1 fully saturated rings. The molecule has 0 spiro atoms. The first kappa shape index (κ1) is 23.1. The molecule has 164 valence electrons. The first-order valence-electron chi connectivity index (χ1n) is 9.44. The monoisotopic (exact) mass is 467 g/mol. The van der Waals surface area contributed by atoms with Crippen molar-refractivity contribution in [3.63, 3.8) is 0 Å². The zero-order valence-corrected chi connectivity index (χ0v) is 18.7. The van der Waals surface area contributed by atoms with Crippen LogP contribution in [0.3, 0.4) is 0 Å². The molecule has 0 radical (unpaired) electrons. The van der Waals surface area contributed by atoms with Crippen molar-refractivity contribution in [2.75, 3.05) is 12.0 Å². The number of thioether (sulfide) groups is 1. The second kappa shape index (κ2) is 9.32. The van der Waals surface area contributed by atoms with E-state index in [1.807, 2.05) is 13.8 Å². The molecule has 0 N–H and O–H groups in total. The van der Waals surface area contributed by atoms with Crippen molar-refractivity contribution < 1.29 is 27.4 Å². The van der Waals surface area contributed by atoms with Crippen LogP contribution in [-0.4, -0.2) is 23.4 Å². The molecule has 1 aliphatic heterocycles. The van der Waals surface area contributed by atoms with Crippen molar-refractivity contribution >= 4 is 46.0 Å². The zero-order valence-electron chi connectivity index (χ0n) is 17.0. The van der Waals surface area contributed by atoms with Gasteiger partial charge in [-0.25, -0.2) is 0 Å². The molecule has 2 aromatic rings. The van der Waals surface area contributed by atoms with Gasteiger partial charge in [-0.05, 0) is 55.3 Å². The molecule has 1 aliphatic rings. The fraction of sp³-hybridized carbons (Fsp3) is 0.273. The van der Waals surface area contributed by atoms with Gasteiger partial charge in [0.25, 0.3) is 5.91 Å². The second-order valence-corrected chi connectivity index (χ2v) is 8.49. The van der Waals surface area contributed by atoms with E-state index < -0.39 is 17.6 Å². The number of hydrogen-bond donors (Lipinski definition) is 0. The van der Waals surface area contributed by atoms with E-state index >= 15 is 0 Å². The molecule has 0 bridgehead atoms. The summed E-state index contributed by atoms with van der Waals surface area (Å²) >= 11 is 6.29. The van der Waals surface area contributed by atoms with Gasteiger partial charge in [0, 0.05) is 0 Å². The lowest BCUT2D eigenvalue weighted by Gasteiger charge is -2.16. The topological polar surface area (TPSA) is 38.8 Å². The third-order valence-corrected chi connectivity index (χ3v) is 5.92. The Labute approximate surface area is 188 Å². The summed E-state index contributed by atoms with van der Waals surface area (Å²) in [5, 5.41) is 0. The summed E-state index contributed by atoms with van der Waals surface area (Å²) in [5.74, 6) is 0.626. The van der Waals surface area contributed by atoms with Crippen LogP contribution in [0.1, 0.15) is 31.4 Å². The maximum atomic E-state index is 13.0. The highest BCUT2D eigenvalue weighted by atomic mass is 32.2. The average Bonchev–Trinajstić information content (AvgIpc) is 3.01. The molecule has 3 rings (SSSR count). The Morgan fingerprint density at radius 3 is 2.58 bits per heavy atom. The van der Waals surface area contributed by atoms with Gasteiger partial charge in [0.15, 0.2) is 15.8 Å². The number of methoxy groups -OCH3 is 1. The molecule has 4 nitrogen and oxygen atoms in total. The predicted octanol–water partition coefficient (Wildman–Crippen LogP) is 6.30. The molecule has 2 aromatic carbocycles. The number of amides is 1. The van der Waals surface area contributed by atoms with Crippen LogP contribution >= 0.6 is 24.0 Å². The minimum atomic E-state index is -4.51. The van der Waals surface area contributed by atoms with Gasteiger partial charge in [-0.15, -0.1) is 0 Å². The molecular weight excluding hydrogens is 447 g/mol. The Hall–Kier alpha value is -2.52. The largest absolute Gasteiger partial charge is 0.493 e. The first-order chi connectivity index (χ1) is 14.6. The van der Waals surface area contributed by atoms with Gasteiger partial charge in [0.05, 0.1) is 29.4 Å². The maximum Gasteiger partial charge on any atom is 0.416 e. The van der Waals surface area contributed by atoms with Crippen LogP contribution in [0.2, 0.25) is 0 Å². The highest BCUT2D eigenvalue weighted by Gasteiger charge is 2.36. The van der Waals surface area contributed by atoms with Crippen LogP contribution in [-0.2, 0) is 11.0 Å². The third kappa shape index (κ3) is 5.22. The van der Waals surface area contributed by atoms with Crippen molar-refractivity contribution in [3.8, 4) is 11.5 Å². The van der Waals surface area contributed by atoms with Crippen LogP contribution in [0.5, 0.6) is 11.5 Å². The number of ether oxygens (including phenoxy) is 2. The van der Waals surface area contributed by atoms with Crippen LogP contribution in [0.25, 0.3) is 6.08 Å². The number of nitrogens with zero attached hydrogens (tertiary/aromatic N) is 1. The Morgan fingerprint density at radius 1 is 1.19 bits per heavy atom. The number of hydrogen-bond acceptors (Lipinski definition) is 5. The van der Waals surface area contributed by atoms with E-state index in [9.17, 15) is 18.0 Å². The van der Waals surface area contributed by atoms with Crippen LogP contribution < -0.4 is 14.4 Å². The molecule has 1 atom stereocenters. The summed E-state index contributed by atoms with van der Waals surface area (Å²) in [7, 11) is 1.52. The predicted molar refractivity (Wildman–Crippen MR) is 120 cm³/mol. The Kier molecular flexibility index (Phi) is 6.96. The number of alkyl halides is 3. The van der Waals surface area contributed by atoms with Gasteiger partial charge >= 0.3 is 6.18 Å². The molecule has 0 unspecified atom stereocenters. The van der Waals surface area contributed by atoms with Gasteiger partial charge in [-0.1, -0.05) is 43.0 Å². The Morgan fingerprint density at radius 2 is 1.94 bits per heavy atom. The van der Waals surface area contributed by atoms with Gasteiger partial charge in [0.1, 0.15) is 0 Å². The van der Waals surface area contributed by atoms with E-state index in [4.69, 9.17) is 21.7 Å². The van der Waals surface area contributed by atoms with Gasteiger partial charge in [-0.3, -0.25) is 9.69 Å². The summed E-state index contributed by atoms with van der Waals surface area (Å²) in [4.78, 5) is 14.3. The molecule has 0 aliphatic carbocycles. The van der Waals surface area contributed by atoms with Crippen molar-refractivity contribution in [3.05, 3.63) is 58.5 Å². The van der Waals surface area contributed by atoms with Crippen molar-refractivity contribution in [1.29, 1.82) is 0 Å². The number of halogens is 3. The van der Waals surface area contributed by atoms with E-state index in [0.717, 1.165) is 35.2 Å². The van der Waals surface area contributed by atoms with Crippen LogP contribution in [0.4, 0.5) is 18.9 Å². The lowest BCUT2D eigenvalue weighted by Crippen LogP contribution is -2.27. The molecule has 9 heteroatoms.